The lowest BCUT2D eigenvalue weighted by Crippen LogP contribution is -2.06. The van der Waals surface area contributed by atoms with E-state index in [1.54, 1.807) is 6.92 Å². The Morgan fingerprint density at radius 3 is 2.88 bits per heavy atom. The fraction of sp³-hybridized carbons (Fsp3) is 0.273. The van der Waals surface area contributed by atoms with Crippen molar-refractivity contribution in [2.45, 2.75) is 11.8 Å². The van der Waals surface area contributed by atoms with Gasteiger partial charge >= 0.3 is 5.97 Å². The molecule has 3 nitrogen and oxygen atoms in total. The van der Waals surface area contributed by atoms with Gasteiger partial charge in [-0.05, 0) is 25.1 Å². The smallest absolute Gasteiger partial charge is 0.316 e. The summed E-state index contributed by atoms with van der Waals surface area (Å²) in [6, 6.07) is 3.94. The molecule has 0 saturated heterocycles. The first kappa shape index (κ1) is 12.7. The second kappa shape index (κ2) is 6.27. The van der Waals surface area contributed by atoms with Crippen LogP contribution < -0.4 is 0 Å². The molecule has 1 aromatic carbocycles. The van der Waals surface area contributed by atoms with Gasteiger partial charge in [0.05, 0.1) is 12.4 Å². The van der Waals surface area contributed by atoms with Crippen molar-refractivity contribution >= 4 is 24.0 Å². The molecule has 5 heteroatoms. The van der Waals surface area contributed by atoms with E-state index in [0.29, 0.717) is 17.8 Å². The molecular weight excluding hydrogens is 231 g/mol. The third kappa shape index (κ3) is 4.02. The molecule has 86 valence electrons. The van der Waals surface area contributed by atoms with Crippen LogP contribution >= 0.6 is 11.8 Å². The van der Waals surface area contributed by atoms with Gasteiger partial charge in [-0.3, -0.25) is 9.59 Å². The number of thioether (sulfide) groups is 1. The summed E-state index contributed by atoms with van der Waals surface area (Å²) in [5.74, 6) is -0.740. The maximum Gasteiger partial charge on any atom is 0.316 e. The van der Waals surface area contributed by atoms with E-state index in [2.05, 4.69) is 0 Å². The topological polar surface area (TPSA) is 43.4 Å². The number of halogens is 1. The molecule has 0 radical (unpaired) electrons. The maximum atomic E-state index is 13.0. The molecule has 0 aromatic heterocycles. The second-order valence-corrected chi connectivity index (χ2v) is 3.98. The summed E-state index contributed by atoms with van der Waals surface area (Å²) in [6.45, 7) is 2.04. The van der Waals surface area contributed by atoms with Gasteiger partial charge in [0.25, 0.3) is 0 Å². The molecule has 0 atom stereocenters. The number of carbonyl (C=O) groups is 2. The van der Waals surface area contributed by atoms with Gasteiger partial charge in [-0.25, -0.2) is 4.39 Å². The number of carbonyl (C=O) groups excluding carboxylic acids is 2. The summed E-state index contributed by atoms with van der Waals surface area (Å²) < 4.78 is 17.7. The van der Waals surface area contributed by atoms with Crippen LogP contribution in [0.3, 0.4) is 0 Å². The van der Waals surface area contributed by atoms with Crippen LogP contribution in [0, 0.1) is 5.82 Å². The summed E-state index contributed by atoms with van der Waals surface area (Å²) in [5, 5.41) is 0. The molecule has 0 aliphatic heterocycles. The van der Waals surface area contributed by atoms with Crippen molar-refractivity contribution in [2.75, 3.05) is 12.4 Å². The zero-order chi connectivity index (χ0) is 12.0. The van der Waals surface area contributed by atoms with Crippen molar-refractivity contribution in [3.63, 3.8) is 0 Å². The van der Waals surface area contributed by atoms with Gasteiger partial charge < -0.3 is 4.74 Å². The number of hydrogen-bond acceptors (Lipinski definition) is 4. The lowest BCUT2D eigenvalue weighted by molar-refractivity contribution is -0.139. The Hall–Kier alpha value is -1.36. The van der Waals surface area contributed by atoms with Crippen molar-refractivity contribution in [3.8, 4) is 0 Å². The van der Waals surface area contributed by atoms with Crippen molar-refractivity contribution in [1.82, 2.24) is 0 Å². The number of hydrogen-bond donors (Lipinski definition) is 0. The molecule has 0 aliphatic rings. The van der Waals surface area contributed by atoms with Crippen LogP contribution in [-0.4, -0.2) is 24.6 Å². The molecule has 0 N–H and O–H groups in total. The van der Waals surface area contributed by atoms with E-state index in [1.165, 1.54) is 12.1 Å². The number of rotatable bonds is 5. The molecule has 1 rings (SSSR count). The van der Waals surface area contributed by atoms with Crippen molar-refractivity contribution in [1.29, 1.82) is 0 Å². The SMILES string of the molecule is CCOC(=O)CSc1cc(F)cc(C=O)c1. The Kier molecular flexibility index (Phi) is 4.98. The van der Waals surface area contributed by atoms with Crippen molar-refractivity contribution in [2.24, 2.45) is 0 Å². The van der Waals surface area contributed by atoms with E-state index < -0.39 is 5.82 Å². The first-order chi connectivity index (χ1) is 7.65. The van der Waals surface area contributed by atoms with Gasteiger partial charge in [-0.15, -0.1) is 11.8 Å². The van der Waals surface area contributed by atoms with Crippen LogP contribution in [0.5, 0.6) is 0 Å². The predicted octanol–water partition coefficient (Wildman–Crippen LogP) is 2.29. The number of ether oxygens (including phenoxy) is 1. The molecule has 0 aliphatic carbocycles. The summed E-state index contributed by atoms with van der Waals surface area (Å²) in [7, 11) is 0. The fourth-order valence-electron chi connectivity index (χ4n) is 1.08. The largest absolute Gasteiger partial charge is 0.465 e. The van der Waals surface area contributed by atoms with Crippen LogP contribution in [0.4, 0.5) is 4.39 Å². The first-order valence-corrected chi connectivity index (χ1v) is 5.68. The van der Waals surface area contributed by atoms with E-state index in [4.69, 9.17) is 4.74 Å². The molecular formula is C11H11FO3S. The van der Waals surface area contributed by atoms with Gasteiger partial charge in [0.1, 0.15) is 12.1 Å². The Morgan fingerprint density at radius 2 is 2.25 bits per heavy atom. The molecule has 0 fully saturated rings. The normalized spacial score (nSPS) is 9.88. The number of benzene rings is 1. The lowest BCUT2D eigenvalue weighted by atomic mass is 10.2. The van der Waals surface area contributed by atoms with Crippen LogP contribution in [0.2, 0.25) is 0 Å². The van der Waals surface area contributed by atoms with Gasteiger partial charge in [-0.2, -0.15) is 0 Å². The summed E-state index contributed by atoms with van der Waals surface area (Å²) in [5.41, 5.74) is 0.256. The molecule has 0 saturated carbocycles. The van der Waals surface area contributed by atoms with Gasteiger partial charge in [0.15, 0.2) is 0 Å². The molecule has 0 unspecified atom stereocenters. The minimum absolute atomic E-state index is 0.107. The van der Waals surface area contributed by atoms with Crippen molar-refractivity contribution < 1.29 is 18.7 Å². The van der Waals surface area contributed by atoms with Crippen molar-refractivity contribution in [3.05, 3.63) is 29.6 Å². The minimum Gasteiger partial charge on any atom is -0.465 e. The van der Waals surface area contributed by atoms with Gasteiger partial charge in [0.2, 0.25) is 0 Å². The third-order valence-electron chi connectivity index (χ3n) is 1.69. The van der Waals surface area contributed by atoms with Crippen LogP contribution in [-0.2, 0) is 9.53 Å². The number of aldehydes is 1. The van der Waals surface area contributed by atoms with Gasteiger partial charge in [0, 0.05) is 10.5 Å². The molecule has 0 amide bonds. The maximum absolute atomic E-state index is 13.0. The molecule has 0 bridgehead atoms. The third-order valence-corrected chi connectivity index (χ3v) is 2.64. The predicted molar refractivity (Wildman–Crippen MR) is 59.1 cm³/mol. The highest BCUT2D eigenvalue weighted by molar-refractivity contribution is 8.00. The van der Waals surface area contributed by atoms with Crippen LogP contribution in [0.1, 0.15) is 17.3 Å². The summed E-state index contributed by atoms with van der Waals surface area (Å²) in [6.07, 6.45) is 0.567. The number of esters is 1. The summed E-state index contributed by atoms with van der Waals surface area (Å²) in [4.78, 5) is 22.1. The highest BCUT2D eigenvalue weighted by atomic mass is 32.2. The monoisotopic (exact) mass is 242 g/mol. The highest BCUT2D eigenvalue weighted by Crippen LogP contribution is 2.20. The average Bonchev–Trinajstić information content (AvgIpc) is 2.26. The average molecular weight is 242 g/mol. The Bertz CT molecular complexity index is 393. The lowest BCUT2D eigenvalue weighted by Gasteiger charge is -2.03. The second-order valence-electron chi connectivity index (χ2n) is 2.93. The zero-order valence-corrected chi connectivity index (χ0v) is 9.55. The molecule has 1 aromatic rings. The zero-order valence-electron chi connectivity index (χ0n) is 8.73. The van der Waals surface area contributed by atoms with Crippen LogP contribution in [0.15, 0.2) is 23.1 Å². The van der Waals surface area contributed by atoms with E-state index in [-0.39, 0.29) is 17.3 Å². The van der Waals surface area contributed by atoms with E-state index in [9.17, 15) is 14.0 Å². The quantitative estimate of drug-likeness (QED) is 0.451. The Balaban J connectivity index is 2.63. The van der Waals surface area contributed by atoms with Gasteiger partial charge in [-0.1, -0.05) is 0 Å². The minimum atomic E-state index is -0.490. The Labute approximate surface area is 97.0 Å². The molecule has 16 heavy (non-hydrogen) atoms. The fourth-order valence-corrected chi connectivity index (χ4v) is 1.86. The van der Waals surface area contributed by atoms with E-state index >= 15 is 0 Å². The Morgan fingerprint density at radius 1 is 1.50 bits per heavy atom. The molecule has 0 heterocycles. The standard InChI is InChI=1S/C11H11FO3S/c1-2-15-11(14)7-16-10-4-8(6-13)3-9(12)5-10/h3-6H,2,7H2,1H3. The highest BCUT2D eigenvalue weighted by Gasteiger charge is 2.05. The van der Waals surface area contributed by atoms with E-state index in [1.807, 2.05) is 0 Å². The van der Waals surface area contributed by atoms with Crippen LogP contribution in [0.25, 0.3) is 0 Å². The van der Waals surface area contributed by atoms with E-state index in [0.717, 1.165) is 17.8 Å². The molecule has 0 spiro atoms. The summed E-state index contributed by atoms with van der Waals surface area (Å²) >= 11 is 1.14. The first-order valence-electron chi connectivity index (χ1n) is 4.70.